The first-order valence-corrected chi connectivity index (χ1v) is 8.23. The third-order valence-electron chi connectivity index (χ3n) is 4.25. The molecule has 0 bridgehead atoms. The Balaban J connectivity index is 1.78. The number of fused-ring (bicyclic) bond motifs is 1. The van der Waals surface area contributed by atoms with Gasteiger partial charge in [0.15, 0.2) is 0 Å². The van der Waals surface area contributed by atoms with Gasteiger partial charge < -0.3 is 10.5 Å². The average Bonchev–Trinajstić information content (AvgIpc) is 2.51. The van der Waals surface area contributed by atoms with E-state index in [-0.39, 0.29) is 12.0 Å². The zero-order valence-electron chi connectivity index (χ0n) is 13.1. The standard InChI is InChI=1S/C18H27NO2/c1-2-21-18(20)10-6-5-9-17(19)16-12-11-14-7-3-4-8-15(14)13-16/h11-13,17H,2-10,19H2,1H3. The summed E-state index contributed by atoms with van der Waals surface area (Å²) in [6, 6.07) is 6.81. The van der Waals surface area contributed by atoms with Gasteiger partial charge in [-0.15, -0.1) is 0 Å². The fourth-order valence-electron chi connectivity index (χ4n) is 3.02. The number of aryl methyl sites for hydroxylation is 2. The van der Waals surface area contributed by atoms with Crippen LogP contribution < -0.4 is 5.73 Å². The number of carbonyl (C=O) groups is 1. The molecule has 1 aliphatic rings. The van der Waals surface area contributed by atoms with E-state index in [1.54, 1.807) is 0 Å². The van der Waals surface area contributed by atoms with Crippen LogP contribution >= 0.6 is 0 Å². The summed E-state index contributed by atoms with van der Waals surface area (Å²) in [5.41, 5.74) is 10.5. The third-order valence-corrected chi connectivity index (χ3v) is 4.25. The Morgan fingerprint density at radius 2 is 2.00 bits per heavy atom. The van der Waals surface area contributed by atoms with E-state index in [2.05, 4.69) is 18.2 Å². The van der Waals surface area contributed by atoms with Crippen LogP contribution in [0.1, 0.15) is 68.2 Å². The van der Waals surface area contributed by atoms with Crippen molar-refractivity contribution in [3.05, 3.63) is 34.9 Å². The minimum absolute atomic E-state index is 0.0828. The van der Waals surface area contributed by atoms with Crippen molar-refractivity contribution in [3.8, 4) is 0 Å². The molecule has 21 heavy (non-hydrogen) atoms. The largest absolute Gasteiger partial charge is 0.466 e. The van der Waals surface area contributed by atoms with Gasteiger partial charge in [0, 0.05) is 12.5 Å². The van der Waals surface area contributed by atoms with E-state index in [1.165, 1.54) is 42.4 Å². The van der Waals surface area contributed by atoms with Crippen molar-refractivity contribution in [3.63, 3.8) is 0 Å². The molecule has 1 atom stereocenters. The van der Waals surface area contributed by atoms with E-state index in [0.717, 1.165) is 19.3 Å². The molecule has 0 spiro atoms. The fraction of sp³-hybridized carbons (Fsp3) is 0.611. The predicted octanol–water partition coefficient (Wildman–Crippen LogP) is 3.69. The fourth-order valence-corrected chi connectivity index (χ4v) is 3.02. The number of hydrogen-bond acceptors (Lipinski definition) is 3. The topological polar surface area (TPSA) is 52.3 Å². The lowest BCUT2D eigenvalue weighted by atomic mass is 9.88. The van der Waals surface area contributed by atoms with Gasteiger partial charge in [0.2, 0.25) is 0 Å². The number of carbonyl (C=O) groups excluding carboxylic acids is 1. The van der Waals surface area contributed by atoms with Crippen molar-refractivity contribution in [1.82, 2.24) is 0 Å². The molecular formula is C18H27NO2. The lowest BCUT2D eigenvalue weighted by Crippen LogP contribution is -2.12. The summed E-state index contributed by atoms with van der Waals surface area (Å²) >= 11 is 0. The minimum atomic E-state index is -0.0974. The van der Waals surface area contributed by atoms with Crippen LogP contribution in [-0.2, 0) is 22.4 Å². The number of ether oxygens (including phenoxy) is 1. The van der Waals surface area contributed by atoms with Crippen LogP contribution in [0.5, 0.6) is 0 Å². The van der Waals surface area contributed by atoms with Crippen LogP contribution in [0, 0.1) is 0 Å². The van der Waals surface area contributed by atoms with Gasteiger partial charge in [-0.2, -0.15) is 0 Å². The molecule has 3 heteroatoms. The normalized spacial score (nSPS) is 15.3. The maximum atomic E-state index is 11.3. The molecule has 2 rings (SSSR count). The van der Waals surface area contributed by atoms with Crippen LogP contribution in [-0.4, -0.2) is 12.6 Å². The van der Waals surface area contributed by atoms with Gasteiger partial charge in [-0.3, -0.25) is 4.79 Å². The Morgan fingerprint density at radius 3 is 2.76 bits per heavy atom. The zero-order valence-corrected chi connectivity index (χ0v) is 13.1. The smallest absolute Gasteiger partial charge is 0.305 e. The average molecular weight is 289 g/mol. The van der Waals surface area contributed by atoms with Crippen molar-refractivity contribution in [1.29, 1.82) is 0 Å². The first-order chi connectivity index (χ1) is 10.2. The summed E-state index contributed by atoms with van der Waals surface area (Å²) in [6.45, 7) is 2.30. The van der Waals surface area contributed by atoms with Gasteiger partial charge in [-0.1, -0.05) is 24.6 Å². The first-order valence-electron chi connectivity index (χ1n) is 8.23. The van der Waals surface area contributed by atoms with E-state index in [0.29, 0.717) is 13.0 Å². The van der Waals surface area contributed by atoms with Gasteiger partial charge in [-0.25, -0.2) is 0 Å². The summed E-state index contributed by atoms with van der Waals surface area (Å²) in [6.07, 6.45) is 8.28. The number of unbranched alkanes of at least 4 members (excludes halogenated alkanes) is 1. The Hall–Kier alpha value is -1.35. The Labute approximate surface area is 127 Å². The van der Waals surface area contributed by atoms with Crippen molar-refractivity contribution in [2.45, 2.75) is 64.3 Å². The maximum Gasteiger partial charge on any atom is 0.305 e. The highest BCUT2D eigenvalue weighted by Crippen LogP contribution is 2.26. The van der Waals surface area contributed by atoms with Gasteiger partial charge in [0.1, 0.15) is 0 Å². The van der Waals surface area contributed by atoms with E-state index < -0.39 is 0 Å². The van der Waals surface area contributed by atoms with Gasteiger partial charge >= 0.3 is 5.97 Å². The molecule has 1 aromatic carbocycles. The highest BCUT2D eigenvalue weighted by atomic mass is 16.5. The van der Waals surface area contributed by atoms with Gasteiger partial charge in [0.25, 0.3) is 0 Å². The van der Waals surface area contributed by atoms with Crippen molar-refractivity contribution < 1.29 is 9.53 Å². The minimum Gasteiger partial charge on any atom is -0.466 e. The molecule has 1 aliphatic carbocycles. The highest BCUT2D eigenvalue weighted by molar-refractivity contribution is 5.69. The van der Waals surface area contributed by atoms with Gasteiger partial charge in [0.05, 0.1) is 6.61 Å². The predicted molar refractivity (Wildman–Crippen MR) is 85.1 cm³/mol. The lowest BCUT2D eigenvalue weighted by Gasteiger charge is -2.19. The van der Waals surface area contributed by atoms with Crippen LogP contribution in [0.15, 0.2) is 18.2 Å². The molecule has 1 unspecified atom stereocenters. The SMILES string of the molecule is CCOC(=O)CCCCC(N)c1ccc2c(c1)CCCC2. The second-order valence-corrected chi connectivity index (χ2v) is 5.89. The van der Waals surface area contributed by atoms with Crippen LogP contribution in [0.3, 0.4) is 0 Å². The lowest BCUT2D eigenvalue weighted by molar-refractivity contribution is -0.143. The molecule has 0 saturated carbocycles. The van der Waals surface area contributed by atoms with E-state index in [1.807, 2.05) is 6.92 Å². The first kappa shape index (κ1) is 16.0. The maximum absolute atomic E-state index is 11.3. The zero-order chi connectivity index (χ0) is 15.1. The molecule has 0 saturated heterocycles. The van der Waals surface area contributed by atoms with Crippen molar-refractivity contribution in [2.24, 2.45) is 5.73 Å². The molecule has 0 aliphatic heterocycles. The molecule has 3 nitrogen and oxygen atoms in total. The number of hydrogen-bond donors (Lipinski definition) is 1. The summed E-state index contributed by atoms with van der Waals surface area (Å²) < 4.78 is 4.93. The molecular weight excluding hydrogens is 262 g/mol. The van der Waals surface area contributed by atoms with Gasteiger partial charge in [-0.05, 0) is 62.1 Å². The summed E-state index contributed by atoms with van der Waals surface area (Å²) in [5, 5.41) is 0. The molecule has 0 amide bonds. The summed E-state index contributed by atoms with van der Waals surface area (Å²) in [7, 11) is 0. The molecule has 1 aromatic rings. The Bertz CT molecular complexity index is 470. The monoisotopic (exact) mass is 289 g/mol. The second-order valence-electron chi connectivity index (χ2n) is 5.89. The number of rotatable bonds is 7. The third kappa shape index (κ3) is 4.85. The molecule has 0 aromatic heterocycles. The van der Waals surface area contributed by atoms with Crippen LogP contribution in [0.25, 0.3) is 0 Å². The Morgan fingerprint density at radius 1 is 1.24 bits per heavy atom. The number of esters is 1. The summed E-state index contributed by atoms with van der Waals surface area (Å²) in [4.78, 5) is 11.3. The highest BCUT2D eigenvalue weighted by Gasteiger charge is 2.12. The number of benzene rings is 1. The molecule has 0 heterocycles. The van der Waals surface area contributed by atoms with E-state index in [9.17, 15) is 4.79 Å². The number of nitrogens with two attached hydrogens (primary N) is 1. The Kier molecular flexibility index (Phi) is 6.24. The quantitative estimate of drug-likeness (QED) is 0.615. The van der Waals surface area contributed by atoms with Crippen molar-refractivity contribution in [2.75, 3.05) is 6.61 Å². The van der Waals surface area contributed by atoms with Crippen LogP contribution in [0.2, 0.25) is 0 Å². The molecule has 116 valence electrons. The van der Waals surface area contributed by atoms with E-state index in [4.69, 9.17) is 10.5 Å². The summed E-state index contributed by atoms with van der Waals surface area (Å²) in [5.74, 6) is -0.0974. The molecule has 0 fully saturated rings. The van der Waals surface area contributed by atoms with Crippen LogP contribution in [0.4, 0.5) is 0 Å². The second kappa shape index (κ2) is 8.18. The molecule has 2 N–H and O–H groups in total. The van der Waals surface area contributed by atoms with E-state index >= 15 is 0 Å². The molecule has 0 radical (unpaired) electrons. The van der Waals surface area contributed by atoms with Crippen molar-refractivity contribution >= 4 is 5.97 Å².